The second kappa shape index (κ2) is 13.6. The van der Waals surface area contributed by atoms with E-state index in [0.29, 0.717) is 0 Å². The zero-order valence-corrected chi connectivity index (χ0v) is 18.3. The fourth-order valence-electron chi connectivity index (χ4n) is 3.89. The number of nitrogens with two attached hydrogens (primary N) is 1. The molecule has 0 saturated carbocycles. The van der Waals surface area contributed by atoms with Gasteiger partial charge in [-0.15, -0.1) is 0 Å². The minimum absolute atomic E-state index is 0.813. The van der Waals surface area contributed by atoms with Crippen molar-refractivity contribution in [1.29, 1.82) is 0 Å². The van der Waals surface area contributed by atoms with Gasteiger partial charge >= 0.3 is 0 Å². The molecule has 0 bridgehead atoms. The van der Waals surface area contributed by atoms with Gasteiger partial charge in [-0.05, 0) is 44.1 Å². The lowest BCUT2D eigenvalue weighted by atomic mass is 10.1. The molecule has 2 N–H and O–H groups in total. The summed E-state index contributed by atoms with van der Waals surface area (Å²) < 4.78 is 2.26. The Hall–Kier alpha value is -1.55. The molecule has 2 rings (SSSR count). The largest absolute Gasteiger partial charge is 0.399 e. The molecule has 0 saturated heterocycles. The van der Waals surface area contributed by atoms with Gasteiger partial charge in [-0.3, -0.25) is 4.90 Å². The summed E-state index contributed by atoms with van der Waals surface area (Å²) in [6.45, 7) is 7.85. The summed E-state index contributed by atoms with van der Waals surface area (Å²) in [4.78, 5) is 7.17. The molecule has 1 heterocycles. The molecule has 0 atom stereocenters. The van der Waals surface area contributed by atoms with Crippen LogP contribution in [-0.4, -0.2) is 27.5 Å². The van der Waals surface area contributed by atoms with Crippen molar-refractivity contribution in [3.63, 3.8) is 0 Å². The van der Waals surface area contributed by atoms with Crippen LogP contribution >= 0.6 is 0 Å². The first-order chi connectivity index (χ1) is 13.7. The van der Waals surface area contributed by atoms with Crippen LogP contribution in [0.4, 0.5) is 5.69 Å². The van der Waals surface area contributed by atoms with E-state index in [2.05, 4.69) is 34.4 Å². The van der Waals surface area contributed by atoms with E-state index in [-0.39, 0.29) is 0 Å². The summed E-state index contributed by atoms with van der Waals surface area (Å²) in [6, 6.07) is 6.01. The van der Waals surface area contributed by atoms with Crippen LogP contribution in [0.2, 0.25) is 0 Å². The second-order valence-electron chi connectivity index (χ2n) is 8.26. The predicted molar refractivity (Wildman–Crippen MR) is 122 cm³/mol. The Balaban J connectivity index is 1.85. The Morgan fingerprint density at radius 2 is 1.39 bits per heavy atom. The highest BCUT2D eigenvalue weighted by Crippen LogP contribution is 2.17. The highest BCUT2D eigenvalue weighted by molar-refractivity contribution is 5.78. The Morgan fingerprint density at radius 1 is 0.821 bits per heavy atom. The van der Waals surface area contributed by atoms with Crippen molar-refractivity contribution in [2.75, 3.05) is 18.8 Å². The highest BCUT2D eigenvalue weighted by Gasteiger charge is 2.09. The van der Waals surface area contributed by atoms with Crippen LogP contribution in [0.3, 0.4) is 0 Å². The summed E-state index contributed by atoms with van der Waals surface area (Å²) in [5.74, 6) is 0. The molecule has 0 fully saturated rings. The molecule has 1 aromatic heterocycles. The van der Waals surface area contributed by atoms with Gasteiger partial charge in [0.15, 0.2) is 0 Å². The number of nitrogens with zero attached hydrogens (tertiary/aromatic N) is 3. The SMILES string of the molecule is CCCCCCCCN(CCCCCCCC)Cn1cnc2ccc(N)cc21. The summed E-state index contributed by atoms with van der Waals surface area (Å²) in [6.07, 6.45) is 18.2. The molecule has 28 heavy (non-hydrogen) atoms. The molecule has 0 spiro atoms. The fourth-order valence-corrected chi connectivity index (χ4v) is 3.89. The van der Waals surface area contributed by atoms with E-state index in [1.807, 2.05) is 18.5 Å². The van der Waals surface area contributed by atoms with Crippen LogP contribution in [-0.2, 0) is 6.67 Å². The van der Waals surface area contributed by atoms with Gasteiger partial charge in [0.05, 0.1) is 24.0 Å². The van der Waals surface area contributed by atoms with Crippen LogP contribution in [0.5, 0.6) is 0 Å². The Bertz CT molecular complexity index is 633. The van der Waals surface area contributed by atoms with Gasteiger partial charge in [0, 0.05) is 5.69 Å². The third-order valence-corrected chi connectivity index (χ3v) is 5.65. The number of hydrogen-bond acceptors (Lipinski definition) is 3. The van der Waals surface area contributed by atoms with E-state index < -0.39 is 0 Å². The van der Waals surface area contributed by atoms with Gasteiger partial charge in [-0.2, -0.15) is 0 Å². The zero-order chi connectivity index (χ0) is 20.0. The molecule has 4 heteroatoms. The standard InChI is InChI=1S/C24H42N4/c1-3-5-7-9-11-13-17-27(18-14-12-10-8-6-4-2)21-28-20-26-23-16-15-22(25)19-24(23)28/h15-16,19-20H,3-14,17-18,21,25H2,1-2H3. The van der Waals surface area contributed by atoms with E-state index in [1.54, 1.807) is 0 Å². The lowest BCUT2D eigenvalue weighted by Gasteiger charge is -2.23. The average Bonchev–Trinajstić information content (AvgIpc) is 3.08. The number of fused-ring (bicyclic) bond motifs is 1. The van der Waals surface area contributed by atoms with Crippen molar-refractivity contribution in [1.82, 2.24) is 14.5 Å². The topological polar surface area (TPSA) is 47.1 Å². The Morgan fingerprint density at radius 3 is 2.00 bits per heavy atom. The third kappa shape index (κ3) is 8.22. The smallest absolute Gasteiger partial charge is 0.0969 e. The Kier molecular flexibility index (Phi) is 11.0. The van der Waals surface area contributed by atoms with Gasteiger partial charge in [-0.1, -0.05) is 78.1 Å². The van der Waals surface area contributed by atoms with Crippen molar-refractivity contribution in [3.8, 4) is 0 Å². The molecular weight excluding hydrogens is 344 g/mol. The number of rotatable bonds is 16. The van der Waals surface area contributed by atoms with Crippen molar-refractivity contribution in [3.05, 3.63) is 24.5 Å². The van der Waals surface area contributed by atoms with E-state index in [1.165, 1.54) is 90.1 Å². The lowest BCUT2D eigenvalue weighted by molar-refractivity contribution is 0.211. The zero-order valence-electron chi connectivity index (χ0n) is 18.3. The maximum absolute atomic E-state index is 6.00. The van der Waals surface area contributed by atoms with Crippen molar-refractivity contribution >= 4 is 16.7 Å². The quantitative estimate of drug-likeness (QED) is 0.261. The lowest BCUT2D eigenvalue weighted by Crippen LogP contribution is -2.28. The number of nitrogen functional groups attached to an aromatic ring is 1. The molecule has 4 nitrogen and oxygen atoms in total. The van der Waals surface area contributed by atoms with Crippen LogP contribution in [0.15, 0.2) is 24.5 Å². The second-order valence-corrected chi connectivity index (χ2v) is 8.26. The molecule has 0 radical (unpaired) electrons. The summed E-state index contributed by atoms with van der Waals surface area (Å²) in [5, 5.41) is 0. The highest BCUT2D eigenvalue weighted by atomic mass is 15.3. The third-order valence-electron chi connectivity index (χ3n) is 5.65. The maximum Gasteiger partial charge on any atom is 0.0969 e. The Labute approximate surface area is 172 Å². The van der Waals surface area contributed by atoms with E-state index >= 15 is 0 Å². The molecular formula is C24H42N4. The van der Waals surface area contributed by atoms with Gasteiger partial charge in [-0.25, -0.2) is 4.98 Å². The van der Waals surface area contributed by atoms with Crippen molar-refractivity contribution < 1.29 is 0 Å². The van der Waals surface area contributed by atoms with Crippen molar-refractivity contribution in [2.24, 2.45) is 0 Å². The maximum atomic E-state index is 6.00. The fraction of sp³-hybridized carbons (Fsp3) is 0.708. The average molecular weight is 387 g/mol. The molecule has 0 aliphatic carbocycles. The van der Waals surface area contributed by atoms with Crippen molar-refractivity contribution in [2.45, 2.75) is 97.6 Å². The molecule has 0 aliphatic rings. The molecule has 0 aliphatic heterocycles. The van der Waals surface area contributed by atoms with Crippen LogP contribution in [0, 0.1) is 0 Å². The predicted octanol–water partition coefficient (Wildman–Crippen LogP) is 6.60. The van der Waals surface area contributed by atoms with Crippen LogP contribution in [0.25, 0.3) is 11.0 Å². The van der Waals surface area contributed by atoms with E-state index in [9.17, 15) is 0 Å². The van der Waals surface area contributed by atoms with Crippen LogP contribution in [0.1, 0.15) is 90.9 Å². The molecule has 2 aromatic rings. The molecule has 1 aromatic carbocycles. The summed E-state index contributed by atoms with van der Waals surface area (Å²) in [5.41, 5.74) is 9.00. The minimum atomic E-state index is 0.813. The number of imidazole rings is 1. The molecule has 158 valence electrons. The number of hydrogen-bond donors (Lipinski definition) is 1. The van der Waals surface area contributed by atoms with Gasteiger partial charge in [0.1, 0.15) is 0 Å². The monoisotopic (exact) mass is 386 g/mol. The number of unbranched alkanes of at least 4 members (excludes halogenated alkanes) is 10. The normalized spacial score (nSPS) is 11.7. The molecule has 0 unspecified atom stereocenters. The molecule has 0 amide bonds. The van der Waals surface area contributed by atoms with Crippen LogP contribution < -0.4 is 5.73 Å². The number of aromatic nitrogens is 2. The van der Waals surface area contributed by atoms with E-state index in [4.69, 9.17) is 5.73 Å². The van der Waals surface area contributed by atoms with Gasteiger partial charge in [0.2, 0.25) is 0 Å². The van der Waals surface area contributed by atoms with Gasteiger partial charge in [0.25, 0.3) is 0 Å². The number of benzene rings is 1. The first-order valence-corrected chi connectivity index (χ1v) is 11.7. The first-order valence-electron chi connectivity index (χ1n) is 11.7. The van der Waals surface area contributed by atoms with Gasteiger partial charge < -0.3 is 10.3 Å². The first kappa shape index (κ1) is 22.7. The minimum Gasteiger partial charge on any atom is -0.399 e. The summed E-state index contributed by atoms with van der Waals surface area (Å²) in [7, 11) is 0. The van der Waals surface area contributed by atoms with E-state index in [0.717, 1.165) is 23.4 Å². The number of anilines is 1. The summed E-state index contributed by atoms with van der Waals surface area (Å²) >= 11 is 0.